The van der Waals surface area contributed by atoms with Crippen LogP contribution < -0.4 is 19.5 Å². The van der Waals surface area contributed by atoms with Crippen molar-refractivity contribution in [2.45, 2.75) is 26.4 Å². The highest BCUT2D eigenvalue weighted by Gasteiger charge is 2.22. The highest BCUT2D eigenvalue weighted by atomic mass is 19.1. The standard InChI is InChI=1S/C23H25FN2O7.C6H6O/c1-5-10-31-19-12-17(24)7-6-16(19)11-14(2)32-20(28)13-26-23(29)21-22(33-15(3)27)18(30-4)8-9-25-21;7-6-4-2-1-3-5-6/h5-9,12,14H,1,10-11,13H2,2-4H3,(H,26,29);1-5,7H. The minimum absolute atomic E-state index is 0.135. The third-order valence-corrected chi connectivity index (χ3v) is 4.92. The summed E-state index contributed by atoms with van der Waals surface area (Å²) in [6.07, 6.45) is 2.51. The fraction of sp³-hybridized carbons (Fsp3) is 0.241. The Bertz CT molecular complexity index is 1300. The lowest BCUT2D eigenvalue weighted by Gasteiger charge is -2.16. The number of aromatic hydroxyl groups is 1. The van der Waals surface area contributed by atoms with E-state index in [0.29, 0.717) is 17.1 Å². The van der Waals surface area contributed by atoms with Crippen LogP contribution in [0.15, 0.2) is 73.4 Å². The van der Waals surface area contributed by atoms with E-state index in [9.17, 15) is 18.8 Å². The lowest BCUT2D eigenvalue weighted by atomic mass is 10.1. The molecule has 2 N–H and O–H groups in total. The number of carbonyl (C=O) groups excluding carboxylic acids is 3. The number of hydrogen-bond donors (Lipinski definition) is 2. The molecular formula is C29H31FN2O8. The largest absolute Gasteiger partial charge is 0.508 e. The molecule has 0 aliphatic rings. The Balaban J connectivity index is 0.000000693. The summed E-state index contributed by atoms with van der Waals surface area (Å²) in [5.41, 5.74) is 0.426. The Morgan fingerprint density at radius 2 is 1.85 bits per heavy atom. The number of esters is 2. The SMILES string of the molecule is C=CCOc1cc(F)ccc1CC(C)OC(=O)CNC(=O)c1nccc(OC)c1OC(C)=O.Oc1ccccc1. The first-order valence-corrected chi connectivity index (χ1v) is 12.1. The van der Waals surface area contributed by atoms with E-state index in [1.165, 1.54) is 44.5 Å². The normalized spacial score (nSPS) is 10.7. The van der Waals surface area contributed by atoms with Crippen LogP contribution in [-0.4, -0.2) is 54.3 Å². The van der Waals surface area contributed by atoms with Crippen molar-refractivity contribution in [3.63, 3.8) is 0 Å². The van der Waals surface area contributed by atoms with Gasteiger partial charge in [0.25, 0.3) is 5.91 Å². The van der Waals surface area contributed by atoms with Crippen LogP contribution in [0.4, 0.5) is 4.39 Å². The number of amides is 1. The van der Waals surface area contributed by atoms with Gasteiger partial charge in [0.05, 0.1) is 7.11 Å². The van der Waals surface area contributed by atoms with Crippen LogP contribution in [0.1, 0.15) is 29.9 Å². The highest BCUT2D eigenvalue weighted by molar-refractivity contribution is 5.98. The molecule has 1 atom stereocenters. The molecule has 40 heavy (non-hydrogen) atoms. The topological polar surface area (TPSA) is 133 Å². The number of ether oxygens (including phenoxy) is 4. The van der Waals surface area contributed by atoms with Crippen LogP contribution in [0, 0.1) is 5.82 Å². The molecule has 0 saturated heterocycles. The van der Waals surface area contributed by atoms with Crippen LogP contribution in [0.5, 0.6) is 23.0 Å². The summed E-state index contributed by atoms with van der Waals surface area (Å²) in [5.74, 6) is -1.96. The molecule has 1 aromatic heterocycles. The van der Waals surface area contributed by atoms with E-state index >= 15 is 0 Å². The number of carbonyl (C=O) groups is 3. The van der Waals surface area contributed by atoms with Gasteiger partial charge in [-0.2, -0.15) is 0 Å². The number of nitrogens with zero attached hydrogens (tertiary/aromatic N) is 1. The van der Waals surface area contributed by atoms with Gasteiger partial charge in [-0.15, -0.1) is 0 Å². The summed E-state index contributed by atoms with van der Waals surface area (Å²) < 4.78 is 34.4. The second-order valence-electron chi connectivity index (χ2n) is 8.16. The molecule has 3 aromatic rings. The lowest BCUT2D eigenvalue weighted by Crippen LogP contribution is -2.33. The molecule has 1 heterocycles. The molecule has 1 unspecified atom stereocenters. The number of nitrogens with one attached hydrogen (secondary N) is 1. The number of rotatable bonds is 11. The second-order valence-corrected chi connectivity index (χ2v) is 8.16. The van der Waals surface area contributed by atoms with E-state index in [-0.39, 0.29) is 30.2 Å². The fourth-order valence-corrected chi connectivity index (χ4v) is 3.26. The maximum Gasteiger partial charge on any atom is 0.325 e. The molecule has 0 aliphatic carbocycles. The number of aromatic nitrogens is 1. The Hall–Kier alpha value is -4.93. The van der Waals surface area contributed by atoms with Gasteiger partial charge >= 0.3 is 11.9 Å². The fourth-order valence-electron chi connectivity index (χ4n) is 3.26. The van der Waals surface area contributed by atoms with E-state index in [1.54, 1.807) is 37.3 Å². The van der Waals surface area contributed by atoms with Gasteiger partial charge in [0.1, 0.15) is 36.6 Å². The van der Waals surface area contributed by atoms with E-state index in [0.717, 1.165) is 0 Å². The minimum Gasteiger partial charge on any atom is -0.508 e. The van der Waals surface area contributed by atoms with Crippen molar-refractivity contribution < 1.29 is 42.8 Å². The quantitative estimate of drug-likeness (QED) is 0.266. The molecule has 1 amide bonds. The van der Waals surface area contributed by atoms with Gasteiger partial charge in [0, 0.05) is 31.7 Å². The van der Waals surface area contributed by atoms with Crippen molar-refractivity contribution in [2.24, 2.45) is 0 Å². The first kappa shape index (κ1) is 31.3. The van der Waals surface area contributed by atoms with Crippen molar-refractivity contribution in [3.8, 4) is 23.0 Å². The predicted octanol–water partition coefficient (Wildman–Crippen LogP) is 4.02. The predicted molar refractivity (Wildman–Crippen MR) is 144 cm³/mol. The number of benzene rings is 2. The van der Waals surface area contributed by atoms with Crippen LogP contribution in [0.3, 0.4) is 0 Å². The number of methoxy groups -OCH3 is 1. The van der Waals surface area contributed by atoms with E-state index in [2.05, 4.69) is 16.9 Å². The zero-order valence-corrected chi connectivity index (χ0v) is 22.4. The summed E-state index contributed by atoms with van der Waals surface area (Å²) in [4.78, 5) is 39.9. The average molecular weight is 555 g/mol. The second kappa shape index (κ2) is 16.1. The number of hydrogen-bond acceptors (Lipinski definition) is 9. The first-order valence-electron chi connectivity index (χ1n) is 12.1. The molecular weight excluding hydrogens is 523 g/mol. The number of phenols is 1. The first-order chi connectivity index (χ1) is 19.1. The molecule has 11 heteroatoms. The zero-order chi connectivity index (χ0) is 29.5. The summed E-state index contributed by atoms with van der Waals surface area (Å²) in [6, 6.07) is 14.2. The van der Waals surface area contributed by atoms with Gasteiger partial charge < -0.3 is 29.4 Å². The summed E-state index contributed by atoms with van der Waals surface area (Å²) in [7, 11) is 1.34. The summed E-state index contributed by atoms with van der Waals surface area (Å²) in [5, 5.41) is 11.0. The Morgan fingerprint density at radius 1 is 1.12 bits per heavy atom. The Morgan fingerprint density at radius 3 is 2.45 bits per heavy atom. The van der Waals surface area contributed by atoms with Crippen molar-refractivity contribution in [2.75, 3.05) is 20.3 Å². The summed E-state index contributed by atoms with van der Waals surface area (Å²) in [6.45, 7) is 6.12. The highest BCUT2D eigenvalue weighted by Crippen LogP contribution is 2.29. The Kier molecular flexibility index (Phi) is 12.6. The third kappa shape index (κ3) is 10.4. The van der Waals surface area contributed by atoms with Crippen LogP contribution in [-0.2, 0) is 20.7 Å². The molecule has 0 aliphatic heterocycles. The van der Waals surface area contributed by atoms with Gasteiger partial charge in [0.2, 0.25) is 5.75 Å². The molecule has 212 valence electrons. The third-order valence-electron chi connectivity index (χ3n) is 4.92. The molecule has 0 saturated carbocycles. The van der Waals surface area contributed by atoms with Gasteiger partial charge in [-0.1, -0.05) is 36.9 Å². The maximum absolute atomic E-state index is 13.5. The minimum atomic E-state index is -0.756. The molecule has 0 radical (unpaired) electrons. The van der Waals surface area contributed by atoms with Crippen molar-refractivity contribution >= 4 is 17.8 Å². The molecule has 3 rings (SSSR count). The average Bonchev–Trinajstić information content (AvgIpc) is 2.92. The van der Waals surface area contributed by atoms with E-state index < -0.39 is 36.3 Å². The maximum atomic E-state index is 13.5. The lowest BCUT2D eigenvalue weighted by molar-refractivity contribution is -0.146. The van der Waals surface area contributed by atoms with Crippen molar-refractivity contribution in [1.29, 1.82) is 0 Å². The summed E-state index contributed by atoms with van der Waals surface area (Å²) >= 11 is 0. The number of pyridine rings is 1. The van der Waals surface area contributed by atoms with Crippen molar-refractivity contribution in [1.82, 2.24) is 10.3 Å². The molecule has 0 fully saturated rings. The molecule has 2 aromatic carbocycles. The number of halogens is 1. The van der Waals surface area contributed by atoms with E-state index in [1.807, 2.05) is 6.07 Å². The van der Waals surface area contributed by atoms with E-state index in [4.69, 9.17) is 24.1 Å². The number of para-hydroxylation sites is 1. The van der Waals surface area contributed by atoms with Gasteiger partial charge in [0.15, 0.2) is 11.4 Å². The van der Waals surface area contributed by atoms with Gasteiger partial charge in [-0.05, 0) is 30.7 Å². The number of phenolic OH excluding ortho intramolecular Hbond substituents is 1. The smallest absolute Gasteiger partial charge is 0.325 e. The van der Waals surface area contributed by atoms with Crippen LogP contribution in [0.25, 0.3) is 0 Å². The van der Waals surface area contributed by atoms with Gasteiger partial charge in [-0.25, -0.2) is 9.37 Å². The monoisotopic (exact) mass is 554 g/mol. The van der Waals surface area contributed by atoms with Gasteiger partial charge in [-0.3, -0.25) is 14.4 Å². The molecule has 10 nitrogen and oxygen atoms in total. The molecule has 0 spiro atoms. The van der Waals surface area contributed by atoms with Crippen LogP contribution >= 0.6 is 0 Å². The zero-order valence-electron chi connectivity index (χ0n) is 22.4. The van der Waals surface area contributed by atoms with Crippen LogP contribution in [0.2, 0.25) is 0 Å². The molecule has 0 bridgehead atoms. The van der Waals surface area contributed by atoms with Crippen molar-refractivity contribution in [3.05, 3.63) is 90.5 Å². The Labute approximate surface area is 231 Å².